The highest BCUT2D eigenvalue weighted by molar-refractivity contribution is 8.00. The van der Waals surface area contributed by atoms with Gasteiger partial charge in [0.05, 0.1) is 4.90 Å². The van der Waals surface area contributed by atoms with Crippen LogP contribution < -0.4 is 10.5 Å². The van der Waals surface area contributed by atoms with Crippen LogP contribution in [0.4, 0.5) is 10.1 Å². The van der Waals surface area contributed by atoms with E-state index in [1.54, 1.807) is 11.8 Å². The number of hydrogen-bond acceptors (Lipinski definition) is 4. The van der Waals surface area contributed by atoms with E-state index < -0.39 is 15.8 Å². The summed E-state index contributed by atoms with van der Waals surface area (Å²) < 4.78 is 39.9. The number of halogens is 1. The number of nitrogens with one attached hydrogen (secondary N) is 1. The fourth-order valence-corrected chi connectivity index (χ4v) is 2.82. The monoisotopic (exact) mass is 306 g/mol. The Morgan fingerprint density at radius 3 is 2.47 bits per heavy atom. The highest BCUT2D eigenvalue weighted by Gasteiger charge is 2.22. The summed E-state index contributed by atoms with van der Waals surface area (Å²) >= 11 is 1.55. The molecular weight excluding hydrogens is 287 g/mol. The van der Waals surface area contributed by atoms with Crippen LogP contribution in [0.1, 0.15) is 19.4 Å². The van der Waals surface area contributed by atoms with E-state index in [-0.39, 0.29) is 27.4 Å². The number of sulfonamides is 1. The molecule has 108 valence electrons. The molecule has 0 saturated carbocycles. The number of benzene rings is 1. The van der Waals surface area contributed by atoms with Gasteiger partial charge in [0, 0.05) is 22.5 Å². The average Bonchev–Trinajstić information content (AvgIpc) is 2.33. The number of rotatable bonds is 5. The summed E-state index contributed by atoms with van der Waals surface area (Å²) in [6, 6.07) is 2.26. The largest absolute Gasteiger partial charge is 0.398 e. The van der Waals surface area contributed by atoms with Crippen LogP contribution >= 0.6 is 11.8 Å². The molecule has 0 radical (unpaired) electrons. The molecule has 3 N–H and O–H groups in total. The van der Waals surface area contributed by atoms with E-state index >= 15 is 0 Å². The quantitative estimate of drug-likeness (QED) is 0.818. The molecule has 0 amide bonds. The van der Waals surface area contributed by atoms with Crippen molar-refractivity contribution >= 4 is 27.5 Å². The summed E-state index contributed by atoms with van der Waals surface area (Å²) in [6.07, 6.45) is 1.90. The third-order valence-electron chi connectivity index (χ3n) is 2.91. The molecule has 0 aliphatic heterocycles. The summed E-state index contributed by atoms with van der Waals surface area (Å²) in [4.78, 5) is -0.148. The first-order valence-electron chi connectivity index (χ1n) is 5.69. The Morgan fingerprint density at radius 2 is 2.00 bits per heavy atom. The Morgan fingerprint density at radius 1 is 1.42 bits per heavy atom. The first-order valence-corrected chi connectivity index (χ1v) is 8.40. The van der Waals surface area contributed by atoms with E-state index in [0.717, 1.165) is 6.07 Å². The van der Waals surface area contributed by atoms with Crippen molar-refractivity contribution in [2.45, 2.75) is 30.4 Å². The van der Waals surface area contributed by atoms with Gasteiger partial charge in [0.2, 0.25) is 10.0 Å². The molecule has 0 spiro atoms. The topological polar surface area (TPSA) is 72.2 Å². The van der Waals surface area contributed by atoms with Crippen LogP contribution in [0.3, 0.4) is 0 Å². The molecule has 0 aliphatic rings. The van der Waals surface area contributed by atoms with Gasteiger partial charge in [-0.25, -0.2) is 17.5 Å². The first kappa shape index (κ1) is 16.3. The molecule has 1 aromatic rings. The highest BCUT2D eigenvalue weighted by Crippen LogP contribution is 2.23. The Labute approximate surface area is 118 Å². The standard InChI is InChI=1S/C12H19FN2O2S2/c1-8-10(13)5-9(6-11(8)14)19(16,17)15-7-12(2,3)18-4/h5-6,15H,7,14H2,1-4H3. The molecule has 0 aromatic heterocycles. The van der Waals surface area contributed by atoms with Gasteiger partial charge in [-0.2, -0.15) is 11.8 Å². The maximum atomic E-state index is 13.5. The second kappa shape index (κ2) is 5.68. The number of hydrogen-bond donors (Lipinski definition) is 2. The Bertz CT molecular complexity index is 548. The zero-order chi connectivity index (χ0) is 14.8. The van der Waals surface area contributed by atoms with E-state index in [1.807, 2.05) is 20.1 Å². The van der Waals surface area contributed by atoms with Gasteiger partial charge < -0.3 is 5.73 Å². The average molecular weight is 306 g/mol. The van der Waals surface area contributed by atoms with Crippen molar-refractivity contribution < 1.29 is 12.8 Å². The van der Waals surface area contributed by atoms with Crippen LogP contribution in [-0.2, 0) is 10.0 Å². The second-order valence-corrected chi connectivity index (χ2v) is 8.19. The van der Waals surface area contributed by atoms with Crippen LogP contribution in [0.2, 0.25) is 0 Å². The number of anilines is 1. The van der Waals surface area contributed by atoms with Crippen LogP contribution in [0, 0.1) is 12.7 Å². The van der Waals surface area contributed by atoms with Crippen LogP contribution in [0.5, 0.6) is 0 Å². The van der Waals surface area contributed by atoms with Crippen molar-refractivity contribution in [1.29, 1.82) is 0 Å². The lowest BCUT2D eigenvalue weighted by atomic mass is 10.2. The SMILES string of the molecule is CSC(C)(C)CNS(=O)(=O)c1cc(N)c(C)c(F)c1. The summed E-state index contributed by atoms with van der Waals surface area (Å²) in [5.41, 5.74) is 5.97. The van der Waals surface area contributed by atoms with Crippen molar-refractivity contribution in [2.24, 2.45) is 0 Å². The van der Waals surface area contributed by atoms with E-state index in [2.05, 4.69) is 4.72 Å². The zero-order valence-electron chi connectivity index (χ0n) is 11.5. The van der Waals surface area contributed by atoms with Crippen molar-refractivity contribution in [1.82, 2.24) is 4.72 Å². The minimum absolute atomic E-state index is 0.129. The van der Waals surface area contributed by atoms with E-state index in [0.29, 0.717) is 0 Å². The fourth-order valence-electron chi connectivity index (χ4n) is 1.25. The number of thioether (sulfide) groups is 1. The maximum absolute atomic E-state index is 13.5. The normalized spacial score (nSPS) is 12.7. The Balaban J connectivity index is 3.02. The van der Waals surface area contributed by atoms with Gasteiger partial charge in [-0.05, 0) is 39.2 Å². The molecule has 0 atom stereocenters. The van der Waals surface area contributed by atoms with Gasteiger partial charge in [-0.3, -0.25) is 0 Å². The molecule has 1 aromatic carbocycles. The van der Waals surface area contributed by atoms with E-state index in [9.17, 15) is 12.8 Å². The number of nitrogen functional groups attached to an aromatic ring is 1. The summed E-state index contributed by atoms with van der Waals surface area (Å²) in [5, 5.41) is 0. The second-order valence-electron chi connectivity index (χ2n) is 4.91. The smallest absolute Gasteiger partial charge is 0.240 e. The zero-order valence-corrected chi connectivity index (χ0v) is 13.1. The lowest BCUT2D eigenvalue weighted by molar-refractivity contribution is 0.567. The van der Waals surface area contributed by atoms with Gasteiger partial charge in [0.15, 0.2) is 0 Å². The maximum Gasteiger partial charge on any atom is 0.240 e. The number of nitrogens with two attached hydrogens (primary N) is 1. The summed E-state index contributed by atoms with van der Waals surface area (Å²) in [6.45, 7) is 5.60. The van der Waals surface area contributed by atoms with Crippen molar-refractivity contribution in [3.05, 3.63) is 23.5 Å². The van der Waals surface area contributed by atoms with Crippen LogP contribution in [0.15, 0.2) is 17.0 Å². The van der Waals surface area contributed by atoms with Gasteiger partial charge in [0.1, 0.15) is 5.82 Å². The molecule has 0 aliphatic carbocycles. The predicted octanol–water partition coefficient (Wildman–Crippen LogP) is 2.14. The minimum Gasteiger partial charge on any atom is -0.398 e. The highest BCUT2D eigenvalue weighted by atomic mass is 32.2. The molecule has 0 saturated heterocycles. The van der Waals surface area contributed by atoms with Gasteiger partial charge in [-0.15, -0.1) is 0 Å². The van der Waals surface area contributed by atoms with E-state index in [1.165, 1.54) is 13.0 Å². The summed E-state index contributed by atoms with van der Waals surface area (Å²) in [5.74, 6) is -0.621. The minimum atomic E-state index is -3.75. The van der Waals surface area contributed by atoms with E-state index in [4.69, 9.17) is 5.73 Å². The summed E-state index contributed by atoms with van der Waals surface area (Å²) in [7, 11) is -3.75. The molecule has 0 unspecified atom stereocenters. The predicted molar refractivity (Wildman–Crippen MR) is 78.3 cm³/mol. The third-order valence-corrected chi connectivity index (χ3v) is 5.54. The van der Waals surface area contributed by atoms with Gasteiger partial charge in [-0.1, -0.05) is 0 Å². The lowest BCUT2D eigenvalue weighted by Gasteiger charge is -2.22. The van der Waals surface area contributed by atoms with Crippen molar-refractivity contribution in [3.63, 3.8) is 0 Å². The van der Waals surface area contributed by atoms with Crippen molar-refractivity contribution in [3.8, 4) is 0 Å². The molecule has 4 nitrogen and oxygen atoms in total. The molecule has 0 bridgehead atoms. The molecule has 7 heteroatoms. The Kier molecular flexibility index (Phi) is 4.86. The molecule has 19 heavy (non-hydrogen) atoms. The Hall–Kier alpha value is -0.790. The molecule has 1 rings (SSSR count). The third kappa shape index (κ3) is 4.09. The van der Waals surface area contributed by atoms with Crippen LogP contribution in [-0.4, -0.2) is 26.0 Å². The fraction of sp³-hybridized carbons (Fsp3) is 0.500. The molecule has 0 heterocycles. The van der Waals surface area contributed by atoms with Gasteiger partial charge >= 0.3 is 0 Å². The molecule has 0 fully saturated rings. The molecular formula is C12H19FN2O2S2. The lowest BCUT2D eigenvalue weighted by Crippen LogP contribution is -2.36. The van der Waals surface area contributed by atoms with Crippen molar-refractivity contribution in [2.75, 3.05) is 18.5 Å². The van der Waals surface area contributed by atoms with Crippen LogP contribution in [0.25, 0.3) is 0 Å². The first-order chi connectivity index (χ1) is 8.59. The van der Waals surface area contributed by atoms with Gasteiger partial charge in [0.25, 0.3) is 0 Å².